The normalized spacial score (nSPS) is 10.7. The van der Waals surface area contributed by atoms with Crippen LogP contribution in [0.2, 0.25) is 0 Å². The number of aromatic nitrogens is 2. The highest BCUT2D eigenvalue weighted by atomic mass is 127. The second kappa shape index (κ2) is 8.69. The van der Waals surface area contributed by atoms with Gasteiger partial charge in [0.05, 0.1) is 28.4 Å². The maximum atomic E-state index is 11.3. The summed E-state index contributed by atoms with van der Waals surface area (Å²) in [4.78, 5) is 15.0. The third-order valence-corrected chi connectivity index (χ3v) is 4.97. The summed E-state index contributed by atoms with van der Waals surface area (Å²) in [6.45, 7) is 2.55. The zero-order valence-corrected chi connectivity index (χ0v) is 18.3. The van der Waals surface area contributed by atoms with Gasteiger partial charge in [0.15, 0.2) is 0 Å². The van der Waals surface area contributed by atoms with Gasteiger partial charge < -0.3 is 28.7 Å². The van der Waals surface area contributed by atoms with Gasteiger partial charge in [-0.3, -0.25) is 15.1 Å². The second-order valence-electron chi connectivity index (χ2n) is 6.64. The van der Waals surface area contributed by atoms with Crippen LogP contribution in [0.3, 0.4) is 0 Å². The molecule has 0 aliphatic carbocycles. The molecule has 2 heterocycles. The summed E-state index contributed by atoms with van der Waals surface area (Å²) in [5.74, 6) is 0.812. The minimum absolute atomic E-state index is 0. The van der Waals surface area contributed by atoms with Gasteiger partial charge in [0.2, 0.25) is 11.0 Å². The summed E-state index contributed by atoms with van der Waals surface area (Å²) in [6.07, 6.45) is 4.25. The van der Waals surface area contributed by atoms with Crippen molar-refractivity contribution >= 4 is 27.5 Å². The smallest absolute Gasteiger partial charge is 0.276 e. The average molecular weight is 501 g/mol. The van der Waals surface area contributed by atoms with E-state index < -0.39 is 0 Å². The molecule has 0 saturated heterocycles. The van der Waals surface area contributed by atoms with Gasteiger partial charge in [-0.15, -0.1) is 0 Å². The fourth-order valence-corrected chi connectivity index (χ4v) is 3.64. The average Bonchev–Trinajstić information content (AvgIpc) is 2.71. The summed E-state index contributed by atoms with van der Waals surface area (Å²) in [6, 6.07) is 15.0. The van der Waals surface area contributed by atoms with Crippen molar-refractivity contribution in [3.8, 4) is 5.75 Å². The number of aryl methyl sites for hydroxylation is 1. The summed E-state index contributed by atoms with van der Waals surface area (Å²) >= 11 is 0. The quantitative estimate of drug-likeness (QED) is 0.135. The summed E-state index contributed by atoms with van der Waals surface area (Å²) < 4.78 is 7.72. The van der Waals surface area contributed by atoms with Crippen LogP contribution in [0.1, 0.15) is 18.1 Å². The van der Waals surface area contributed by atoms with Crippen molar-refractivity contribution in [2.45, 2.75) is 13.3 Å². The van der Waals surface area contributed by atoms with E-state index in [0.717, 1.165) is 38.7 Å². The van der Waals surface area contributed by atoms with E-state index in [9.17, 15) is 10.1 Å². The number of ether oxygens (including phenoxy) is 1. The molecule has 0 aliphatic rings. The van der Waals surface area contributed by atoms with E-state index in [1.807, 2.05) is 48.9 Å². The van der Waals surface area contributed by atoms with Crippen molar-refractivity contribution in [3.63, 3.8) is 0 Å². The van der Waals surface area contributed by atoms with Crippen LogP contribution in [0.25, 0.3) is 21.8 Å². The van der Waals surface area contributed by atoms with Crippen LogP contribution < -0.4 is 33.3 Å². The predicted octanol–water partition coefficient (Wildman–Crippen LogP) is 1.11. The van der Waals surface area contributed by atoms with Gasteiger partial charge in [0.1, 0.15) is 12.8 Å². The van der Waals surface area contributed by atoms with Crippen LogP contribution in [0, 0.1) is 10.1 Å². The lowest BCUT2D eigenvalue weighted by molar-refractivity contribution is -0.617. The molecule has 29 heavy (non-hydrogen) atoms. The van der Waals surface area contributed by atoms with Gasteiger partial charge in [-0.2, -0.15) is 4.57 Å². The van der Waals surface area contributed by atoms with E-state index in [2.05, 4.69) is 11.1 Å². The standard InChI is InChI=1S/C22H20N3O3.HI/c1-3-28-17-5-7-21-20(14-17)19(12-15-8-10-23-11-9-15)18-6-4-16(25(26)27)13-22(18)24(21)2;/h4-11,13-14H,3,12H2,1-2H3;1H/q+1;/p-1. The maximum Gasteiger partial charge on any atom is 0.276 e. The first kappa shape index (κ1) is 20.9. The number of fused-ring (bicyclic) bond motifs is 2. The van der Waals surface area contributed by atoms with Crippen molar-refractivity contribution in [1.82, 2.24) is 4.98 Å². The number of non-ortho nitro benzene ring substituents is 1. The number of halogens is 1. The Morgan fingerprint density at radius 2 is 1.79 bits per heavy atom. The molecule has 4 aromatic rings. The first-order chi connectivity index (χ1) is 13.6. The van der Waals surface area contributed by atoms with Crippen molar-refractivity contribution in [1.29, 1.82) is 0 Å². The highest BCUT2D eigenvalue weighted by molar-refractivity contribution is 5.95. The molecule has 0 amide bonds. The zero-order chi connectivity index (χ0) is 19.7. The molecule has 0 bridgehead atoms. The van der Waals surface area contributed by atoms with Gasteiger partial charge in [-0.25, -0.2) is 0 Å². The van der Waals surface area contributed by atoms with Gasteiger partial charge >= 0.3 is 0 Å². The third-order valence-electron chi connectivity index (χ3n) is 4.97. The predicted molar refractivity (Wildman–Crippen MR) is 107 cm³/mol. The van der Waals surface area contributed by atoms with Crippen molar-refractivity contribution in [3.05, 3.63) is 82.2 Å². The molecule has 0 aliphatic heterocycles. The molecule has 0 atom stereocenters. The van der Waals surface area contributed by atoms with E-state index in [0.29, 0.717) is 13.0 Å². The Labute approximate surface area is 185 Å². The van der Waals surface area contributed by atoms with E-state index in [4.69, 9.17) is 4.74 Å². The first-order valence-electron chi connectivity index (χ1n) is 9.13. The Balaban J connectivity index is 0.00000240. The molecule has 0 saturated carbocycles. The Morgan fingerprint density at radius 1 is 1.03 bits per heavy atom. The fourth-order valence-electron chi connectivity index (χ4n) is 3.64. The van der Waals surface area contributed by atoms with Gasteiger partial charge in [0.25, 0.3) is 5.69 Å². The molecule has 7 heteroatoms. The molecule has 0 spiro atoms. The molecule has 148 valence electrons. The second-order valence-corrected chi connectivity index (χ2v) is 6.64. The number of hydrogen-bond acceptors (Lipinski definition) is 4. The van der Waals surface area contributed by atoms with E-state index >= 15 is 0 Å². The molecular weight excluding hydrogens is 481 g/mol. The number of benzene rings is 2. The molecule has 0 radical (unpaired) electrons. The highest BCUT2D eigenvalue weighted by Gasteiger charge is 2.21. The van der Waals surface area contributed by atoms with E-state index in [1.54, 1.807) is 24.5 Å². The summed E-state index contributed by atoms with van der Waals surface area (Å²) in [7, 11) is 1.94. The zero-order valence-electron chi connectivity index (χ0n) is 16.1. The molecule has 6 nitrogen and oxygen atoms in total. The van der Waals surface area contributed by atoms with Crippen LogP contribution in [0.15, 0.2) is 60.9 Å². The molecule has 2 aromatic carbocycles. The first-order valence-corrected chi connectivity index (χ1v) is 9.13. The molecule has 0 N–H and O–H groups in total. The van der Waals surface area contributed by atoms with Crippen molar-refractivity contribution in [2.75, 3.05) is 6.61 Å². The third kappa shape index (κ3) is 4.00. The highest BCUT2D eigenvalue weighted by Crippen LogP contribution is 2.31. The molecule has 2 aromatic heterocycles. The van der Waals surface area contributed by atoms with Gasteiger partial charge in [0, 0.05) is 24.5 Å². The lowest BCUT2D eigenvalue weighted by Gasteiger charge is -2.12. The number of nitrogens with zero attached hydrogens (tertiary/aromatic N) is 3. The fraction of sp³-hybridized carbons (Fsp3) is 0.182. The van der Waals surface area contributed by atoms with Crippen LogP contribution in [0.5, 0.6) is 5.75 Å². The summed E-state index contributed by atoms with van der Waals surface area (Å²) in [5, 5.41) is 13.4. The van der Waals surface area contributed by atoms with Gasteiger partial charge in [-0.05, 0) is 54.8 Å². The van der Waals surface area contributed by atoms with Crippen LogP contribution in [-0.4, -0.2) is 16.5 Å². The monoisotopic (exact) mass is 501 g/mol. The molecular formula is C22H20IN3O3. The largest absolute Gasteiger partial charge is 1.00 e. The van der Waals surface area contributed by atoms with Crippen LogP contribution in [0.4, 0.5) is 5.69 Å². The SMILES string of the molecule is CCOc1ccc2c(c1)c(Cc1ccncc1)c1ccc([N+](=O)[O-])cc1[n+]2C.[I-]. The van der Waals surface area contributed by atoms with Crippen LogP contribution >= 0.6 is 0 Å². The number of hydrogen-bond donors (Lipinski definition) is 0. The number of rotatable bonds is 5. The molecule has 0 fully saturated rings. The van der Waals surface area contributed by atoms with E-state index in [1.165, 1.54) is 0 Å². The number of pyridine rings is 2. The Bertz CT molecular complexity index is 1200. The Hall–Kier alpha value is -2.81. The van der Waals surface area contributed by atoms with Crippen LogP contribution in [-0.2, 0) is 13.5 Å². The van der Waals surface area contributed by atoms with Gasteiger partial charge in [-0.1, -0.05) is 0 Å². The maximum absolute atomic E-state index is 11.3. The van der Waals surface area contributed by atoms with Crippen molar-refractivity contribution < 1.29 is 38.2 Å². The Morgan fingerprint density at radius 3 is 2.48 bits per heavy atom. The number of nitro groups is 1. The minimum atomic E-state index is -0.357. The van der Waals surface area contributed by atoms with Crippen molar-refractivity contribution in [2.24, 2.45) is 7.05 Å². The Kier molecular flexibility index (Phi) is 6.26. The lowest BCUT2D eigenvalue weighted by atomic mass is 9.96. The molecule has 0 unspecified atom stereocenters. The minimum Gasteiger partial charge on any atom is -1.00 e. The topological polar surface area (TPSA) is 69.1 Å². The summed E-state index contributed by atoms with van der Waals surface area (Å²) in [5.41, 5.74) is 4.16. The molecule has 4 rings (SSSR count). The lowest BCUT2D eigenvalue weighted by Crippen LogP contribution is -3.00. The number of nitro benzene ring substituents is 1. The van der Waals surface area contributed by atoms with E-state index in [-0.39, 0.29) is 34.6 Å².